The first kappa shape index (κ1) is 18.1. The van der Waals surface area contributed by atoms with Crippen LogP contribution >= 0.6 is 11.3 Å². The zero-order valence-corrected chi connectivity index (χ0v) is 16.5. The molecule has 3 aromatic rings. The molecule has 0 radical (unpaired) electrons. The van der Waals surface area contributed by atoms with Crippen molar-refractivity contribution in [2.24, 2.45) is 0 Å². The van der Waals surface area contributed by atoms with Gasteiger partial charge in [-0.15, -0.1) is 11.3 Å². The quantitative estimate of drug-likeness (QED) is 0.661. The molecule has 0 aliphatic carbocycles. The number of ether oxygens (including phenoxy) is 1. The molecule has 1 aliphatic heterocycles. The topological polar surface area (TPSA) is 55.3 Å². The fraction of sp³-hybridized carbons (Fsp3) is 0.381. The summed E-state index contributed by atoms with van der Waals surface area (Å²) in [7, 11) is 0. The van der Waals surface area contributed by atoms with Crippen LogP contribution in [0.2, 0.25) is 0 Å². The Hall–Kier alpha value is -2.31. The molecule has 5 nitrogen and oxygen atoms in total. The average Bonchev–Trinajstić information content (AvgIpc) is 3.33. The zero-order chi connectivity index (χ0) is 18.8. The van der Waals surface area contributed by atoms with Crippen LogP contribution in [0.15, 0.2) is 36.7 Å². The molecule has 0 saturated carbocycles. The van der Waals surface area contributed by atoms with Crippen molar-refractivity contribution in [1.82, 2.24) is 14.9 Å². The normalized spacial score (nSPS) is 16.7. The number of amides is 1. The van der Waals surface area contributed by atoms with Gasteiger partial charge in [0.2, 0.25) is 0 Å². The fourth-order valence-corrected chi connectivity index (χ4v) is 4.40. The SMILES string of the molecule is CCN(C[C@@H]1CCCO1)C(=O)c1ccc(-c2ncnc3sc(C)cc23)cc1. The first-order chi connectivity index (χ1) is 13.2. The number of aromatic nitrogens is 2. The number of carbonyl (C=O) groups excluding carboxylic acids is 1. The molecule has 1 aliphatic rings. The lowest BCUT2D eigenvalue weighted by atomic mass is 10.1. The maximum atomic E-state index is 12.9. The molecule has 0 unspecified atom stereocenters. The summed E-state index contributed by atoms with van der Waals surface area (Å²) in [6, 6.07) is 9.85. The number of rotatable bonds is 5. The summed E-state index contributed by atoms with van der Waals surface area (Å²) in [6.45, 7) is 6.24. The third kappa shape index (κ3) is 3.73. The molecule has 27 heavy (non-hydrogen) atoms. The number of aryl methyl sites for hydroxylation is 1. The predicted molar refractivity (Wildman–Crippen MR) is 108 cm³/mol. The second kappa shape index (κ2) is 7.74. The van der Waals surface area contributed by atoms with Gasteiger partial charge in [0.1, 0.15) is 11.2 Å². The van der Waals surface area contributed by atoms with E-state index in [0.29, 0.717) is 18.7 Å². The molecule has 0 N–H and O–H groups in total. The number of thiophene rings is 1. The van der Waals surface area contributed by atoms with Crippen molar-refractivity contribution < 1.29 is 9.53 Å². The van der Waals surface area contributed by atoms with E-state index in [2.05, 4.69) is 23.0 Å². The largest absolute Gasteiger partial charge is 0.376 e. The first-order valence-corrected chi connectivity index (χ1v) is 10.2. The highest BCUT2D eigenvalue weighted by Gasteiger charge is 2.22. The molecular weight excluding hydrogens is 358 g/mol. The van der Waals surface area contributed by atoms with Crippen molar-refractivity contribution >= 4 is 27.5 Å². The molecule has 1 aromatic carbocycles. The number of hydrogen-bond donors (Lipinski definition) is 0. The summed E-state index contributed by atoms with van der Waals surface area (Å²) >= 11 is 1.67. The number of benzene rings is 1. The minimum atomic E-state index is 0.0544. The van der Waals surface area contributed by atoms with Crippen LogP contribution in [-0.4, -0.2) is 46.6 Å². The Morgan fingerprint density at radius 2 is 2.11 bits per heavy atom. The van der Waals surface area contributed by atoms with Crippen LogP contribution in [-0.2, 0) is 4.74 Å². The van der Waals surface area contributed by atoms with Gasteiger partial charge in [0.05, 0.1) is 11.8 Å². The van der Waals surface area contributed by atoms with Crippen LogP contribution in [0.4, 0.5) is 0 Å². The average molecular weight is 382 g/mol. The van der Waals surface area contributed by atoms with E-state index in [9.17, 15) is 4.79 Å². The monoisotopic (exact) mass is 381 g/mol. The van der Waals surface area contributed by atoms with Crippen LogP contribution in [0.3, 0.4) is 0 Å². The van der Waals surface area contributed by atoms with Crippen molar-refractivity contribution in [3.05, 3.63) is 47.1 Å². The van der Waals surface area contributed by atoms with Crippen molar-refractivity contribution in [1.29, 1.82) is 0 Å². The van der Waals surface area contributed by atoms with E-state index in [1.165, 1.54) is 4.88 Å². The summed E-state index contributed by atoms with van der Waals surface area (Å²) in [6.07, 6.45) is 3.89. The van der Waals surface area contributed by atoms with E-state index in [0.717, 1.165) is 40.9 Å². The van der Waals surface area contributed by atoms with Gasteiger partial charge in [-0.05, 0) is 44.9 Å². The summed E-state index contributed by atoms with van der Waals surface area (Å²) < 4.78 is 5.68. The van der Waals surface area contributed by atoms with Crippen LogP contribution in [0.1, 0.15) is 35.0 Å². The van der Waals surface area contributed by atoms with Crippen LogP contribution < -0.4 is 0 Å². The molecular formula is C21H23N3O2S. The van der Waals surface area contributed by atoms with Gasteiger partial charge < -0.3 is 9.64 Å². The van der Waals surface area contributed by atoms with E-state index in [1.54, 1.807) is 17.7 Å². The number of hydrogen-bond acceptors (Lipinski definition) is 5. The lowest BCUT2D eigenvalue weighted by molar-refractivity contribution is 0.0539. The molecule has 3 heterocycles. The lowest BCUT2D eigenvalue weighted by Gasteiger charge is -2.24. The number of likely N-dealkylation sites (N-methyl/N-ethyl adjacent to an activating group) is 1. The van der Waals surface area contributed by atoms with Gasteiger partial charge in [-0.25, -0.2) is 9.97 Å². The van der Waals surface area contributed by atoms with Gasteiger partial charge in [0.15, 0.2) is 0 Å². The van der Waals surface area contributed by atoms with Gasteiger partial charge in [0, 0.05) is 41.1 Å². The highest BCUT2D eigenvalue weighted by molar-refractivity contribution is 7.18. The van der Waals surface area contributed by atoms with Gasteiger partial charge in [0.25, 0.3) is 5.91 Å². The van der Waals surface area contributed by atoms with Gasteiger partial charge in [-0.1, -0.05) is 12.1 Å². The molecule has 6 heteroatoms. The molecule has 140 valence electrons. The Labute approximate surface area is 163 Å². The van der Waals surface area contributed by atoms with Gasteiger partial charge in [-0.2, -0.15) is 0 Å². The summed E-state index contributed by atoms with van der Waals surface area (Å²) in [4.78, 5) is 25.8. The fourth-order valence-electron chi connectivity index (χ4n) is 3.55. The first-order valence-electron chi connectivity index (χ1n) is 9.38. The molecule has 1 atom stereocenters. The van der Waals surface area contributed by atoms with E-state index in [-0.39, 0.29) is 12.0 Å². The van der Waals surface area contributed by atoms with Crippen molar-refractivity contribution in [3.63, 3.8) is 0 Å². The lowest BCUT2D eigenvalue weighted by Crippen LogP contribution is -2.37. The van der Waals surface area contributed by atoms with E-state index < -0.39 is 0 Å². The highest BCUT2D eigenvalue weighted by atomic mass is 32.1. The summed E-state index contributed by atoms with van der Waals surface area (Å²) in [5, 5.41) is 1.06. The van der Waals surface area contributed by atoms with Crippen molar-refractivity contribution in [2.45, 2.75) is 32.8 Å². The molecule has 1 saturated heterocycles. The maximum absolute atomic E-state index is 12.9. The van der Waals surface area contributed by atoms with Gasteiger partial charge >= 0.3 is 0 Å². The Kier molecular flexibility index (Phi) is 5.18. The predicted octanol–water partition coefficient (Wildman–Crippen LogP) is 4.31. The Balaban J connectivity index is 1.56. The molecule has 2 aromatic heterocycles. The second-order valence-electron chi connectivity index (χ2n) is 6.85. The maximum Gasteiger partial charge on any atom is 0.253 e. The Bertz CT molecular complexity index is 946. The Morgan fingerprint density at radius 1 is 1.30 bits per heavy atom. The van der Waals surface area contributed by atoms with E-state index in [1.807, 2.05) is 36.1 Å². The second-order valence-corrected chi connectivity index (χ2v) is 8.09. The number of fused-ring (bicyclic) bond motifs is 1. The molecule has 0 bridgehead atoms. The zero-order valence-electron chi connectivity index (χ0n) is 15.6. The molecule has 1 amide bonds. The Morgan fingerprint density at radius 3 is 2.81 bits per heavy atom. The highest BCUT2D eigenvalue weighted by Crippen LogP contribution is 2.31. The van der Waals surface area contributed by atoms with E-state index >= 15 is 0 Å². The minimum absolute atomic E-state index is 0.0544. The summed E-state index contributed by atoms with van der Waals surface area (Å²) in [5.41, 5.74) is 2.61. The minimum Gasteiger partial charge on any atom is -0.376 e. The smallest absolute Gasteiger partial charge is 0.253 e. The van der Waals surface area contributed by atoms with Crippen LogP contribution in [0, 0.1) is 6.92 Å². The summed E-state index contributed by atoms with van der Waals surface area (Å²) in [5.74, 6) is 0.0544. The standard InChI is InChI=1S/C21H23N3O2S/c1-3-24(12-17-5-4-10-26-17)21(25)16-8-6-15(7-9-16)19-18-11-14(2)27-20(18)23-13-22-19/h6-9,11,13,17H,3-5,10,12H2,1-2H3/t17-/m0/s1. The van der Waals surface area contributed by atoms with Crippen LogP contribution in [0.25, 0.3) is 21.5 Å². The number of nitrogens with zero attached hydrogens (tertiary/aromatic N) is 3. The van der Waals surface area contributed by atoms with Crippen molar-refractivity contribution in [2.75, 3.05) is 19.7 Å². The van der Waals surface area contributed by atoms with E-state index in [4.69, 9.17) is 4.74 Å². The van der Waals surface area contributed by atoms with Gasteiger partial charge in [-0.3, -0.25) is 4.79 Å². The third-order valence-corrected chi connectivity index (χ3v) is 5.93. The van der Waals surface area contributed by atoms with Crippen LogP contribution in [0.5, 0.6) is 0 Å². The third-order valence-electron chi connectivity index (χ3n) is 4.97. The number of carbonyl (C=O) groups is 1. The molecule has 1 fully saturated rings. The molecule has 4 rings (SSSR count). The van der Waals surface area contributed by atoms with Crippen molar-refractivity contribution in [3.8, 4) is 11.3 Å². The molecule has 0 spiro atoms.